The molecule has 0 spiro atoms. The molecule has 32 heavy (non-hydrogen) atoms. The first-order valence-corrected chi connectivity index (χ1v) is 10.4. The van der Waals surface area contributed by atoms with Crippen molar-refractivity contribution in [3.05, 3.63) is 79.7 Å². The van der Waals surface area contributed by atoms with Gasteiger partial charge in [-0.1, -0.05) is 0 Å². The van der Waals surface area contributed by atoms with Crippen LogP contribution >= 0.6 is 0 Å². The third kappa shape index (κ3) is 5.23. The molecule has 0 bridgehead atoms. The Morgan fingerprint density at radius 1 is 0.531 bits per heavy atom. The SMILES string of the molecule is Fc1c(F)c(F)c([B]([Zr+3][C]2=CC=CC2)c2c(F)c(F)c(F)c(F)c2F)c(F)c1F.[Cl-].[Cl-].[Cl-]. The van der Waals surface area contributed by atoms with E-state index < -0.39 is 96.4 Å². The maximum atomic E-state index is 14.3. The molecule has 2 aromatic carbocycles. The smallest absolute Gasteiger partial charge is 1.00 e. The fourth-order valence-corrected chi connectivity index (χ4v) is 6.70. The Bertz CT molecular complexity index is 966. The van der Waals surface area contributed by atoms with Gasteiger partial charge in [0.15, 0.2) is 0 Å². The van der Waals surface area contributed by atoms with Gasteiger partial charge < -0.3 is 37.2 Å². The number of hydrogen-bond donors (Lipinski definition) is 0. The molecule has 0 heterocycles. The van der Waals surface area contributed by atoms with E-state index in [1.807, 2.05) is 0 Å². The molecule has 171 valence electrons. The third-order valence-electron chi connectivity index (χ3n) is 4.17. The molecule has 0 unspecified atom stereocenters. The first-order valence-electron chi connectivity index (χ1n) is 7.72. The number of hydrogen-bond acceptors (Lipinski definition) is 0. The standard InChI is InChI=1S/C12BF10.C5H5.3ClH.Zr/c14-3-1(4(15)8(19)11(22)7(3)18)13-2-5(16)9(20)12(23)10(21)6(2)17;1-2-4-5-3-1;;;;/h;1-3H,4H2;3*1H;/q+1;;;;;+2/p-3. The van der Waals surface area contributed by atoms with Crippen LogP contribution in [-0.2, 0) is 23.0 Å². The van der Waals surface area contributed by atoms with E-state index in [0.717, 1.165) is 0 Å². The van der Waals surface area contributed by atoms with Crippen molar-refractivity contribution in [3.8, 4) is 0 Å². The molecule has 15 heteroatoms. The van der Waals surface area contributed by atoms with Crippen molar-refractivity contribution in [1.82, 2.24) is 0 Å². The van der Waals surface area contributed by atoms with Crippen LogP contribution in [-0.4, -0.2) is 4.25 Å². The summed E-state index contributed by atoms with van der Waals surface area (Å²) >= 11 is -2.70. The molecule has 0 radical (unpaired) electrons. The summed E-state index contributed by atoms with van der Waals surface area (Å²) < 4.78 is 137. The molecular formula is C17H5BCl3F10Zr. The van der Waals surface area contributed by atoms with Gasteiger partial charge in [-0.15, -0.1) is 0 Å². The molecule has 1 aliphatic carbocycles. The molecule has 0 nitrogen and oxygen atoms in total. The minimum Gasteiger partial charge on any atom is -1.00 e. The zero-order valence-electron chi connectivity index (χ0n) is 14.9. The van der Waals surface area contributed by atoms with E-state index >= 15 is 0 Å². The van der Waals surface area contributed by atoms with Crippen LogP contribution in [0.1, 0.15) is 6.42 Å². The summed E-state index contributed by atoms with van der Waals surface area (Å²) in [6.07, 6.45) is 4.58. The van der Waals surface area contributed by atoms with E-state index in [-0.39, 0.29) is 43.6 Å². The Morgan fingerprint density at radius 2 is 0.844 bits per heavy atom. The Morgan fingerprint density at radius 3 is 1.12 bits per heavy atom. The van der Waals surface area contributed by atoms with E-state index in [9.17, 15) is 43.9 Å². The Labute approximate surface area is 204 Å². The van der Waals surface area contributed by atoms with Gasteiger partial charge >= 0.3 is 168 Å². The minimum atomic E-state index is -2.70. The van der Waals surface area contributed by atoms with Gasteiger partial charge in [0.05, 0.1) is 0 Å². The summed E-state index contributed by atoms with van der Waals surface area (Å²) in [6, 6.07) is 0. The zero-order valence-corrected chi connectivity index (χ0v) is 19.7. The largest absolute Gasteiger partial charge is 1.00 e. The van der Waals surface area contributed by atoms with Gasteiger partial charge in [0.25, 0.3) is 0 Å². The second kappa shape index (κ2) is 12.0. The molecule has 0 aromatic heterocycles. The molecule has 2 aromatic rings. The van der Waals surface area contributed by atoms with E-state index in [4.69, 9.17) is 0 Å². The van der Waals surface area contributed by atoms with E-state index in [2.05, 4.69) is 0 Å². The first-order chi connectivity index (χ1) is 13.6. The summed E-state index contributed by atoms with van der Waals surface area (Å²) in [6.45, 7) is 0. The average molecular weight is 608 g/mol. The molecule has 0 N–H and O–H groups in total. The maximum Gasteiger partial charge on any atom is -1.00 e. The molecule has 0 fully saturated rings. The average Bonchev–Trinajstić information content (AvgIpc) is 3.21. The summed E-state index contributed by atoms with van der Waals surface area (Å²) in [5, 5.41) is 0. The van der Waals surface area contributed by atoms with Gasteiger partial charge in [0.1, 0.15) is 0 Å². The van der Waals surface area contributed by atoms with Gasteiger partial charge in [-0.05, 0) is 0 Å². The molecule has 1 aliphatic rings. The normalized spacial score (nSPS) is 11.8. The summed E-state index contributed by atoms with van der Waals surface area (Å²) in [7, 11) is 0. The van der Waals surface area contributed by atoms with Crippen molar-refractivity contribution in [3.63, 3.8) is 0 Å². The van der Waals surface area contributed by atoms with Gasteiger partial charge in [-0.25, -0.2) is 0 Å². The fraction of sp³-hybridized carbons (Fsp3) is 0.0588. The van der Waals surface area contributed by atoms with Gasteiger partial charge in [-0.2, -0.15) is 0 Å². The summed E-state index contributed by atoms with van der Waals surface area (Å²) in [5.74, 6) is -24.1. The van der Waals surface area contributed by atoms with Crippen LogP contribution in [0.3, 0.4) is 0 Å². The van der Waals surface area contributed by atoms with Crippen molar-refractivity contribution in [2.45, 2.75) is 6.42 Å². The van der Waals surface area contributed by atoms with Crippen LogP contribution < -0.4 is 48.1 Å². The van der Waals surface area contributed by atoms with Crippen molar-refractivity contribution in [1.29, 1.82) is 0 Å². The molecule has 3 rings (SSSR count). The predicted molar refractivity (Wildman–Crippen MR) is 79.3 cm³/mol. The quantitative estimate of drug-likeness (QED) is 0.142. The third-order valence-corrected chi connectivity index (χ3v) is 8.12. The monoisotopic (exact) mass is 605 g/mol. The second-order valence-electron chi connectivity index (χ2n) is 5.87. The van der Waals surface area contributed by atoms with Crippen LogP contribution in [0.15, 0.2) is 21.5 Å². The van der Waals surface area contributed by atoms with Crippen LogP contribution in [0.25, 0.3) is 0 Å². The summed E-state index contributed by atoms with van der Waals surface area (Å²) in [4.78, 5) is 0. The van der Waals surface area contributed by atoms with Gasteiger partial charge in [0.2, 0.25) is 0 Å². The molecule has 0 amide bonds. The van der Waals surface area contributed by atoms with Crippen molar-refractivity contribution in [2.24, 2.45) is 0 Å². The zero-order chi connectivity index (χ0) is 21.6. The van der Waals surface area contributed by atoms with Crippen molar-refractivity contribution in [2.75, 3.05) is 0 Å². The molecule has 0 saturated heterocycles. The second-order valence-corrected chi connectivity index (χ2v) is 9.58. The van der Waals surface area contributed by atoms with Crippen LogP contribution in [0, 0.1) is 58.2 Å². The number of benzene rings is 2. The number of halogens is 13. The molecule has 0 aliphatic heterocycles. The molecule has 0 saturated carbocycles. The van der Waals surface area contributed by atoms with Gasteiger partial charge in [-0.3, -0.25) is 0 Å². The number of allylic oxidation sites excluding steroid dienone is 4. The molecule has 0 atom stereocenters. The van der Waals surface area contributed by atoms with Gasteiger partial charge in [0, 0.05) is 0 Å². The van der Waals surface area contributed by atoms with E-state index in [1.54, 1.807) is 6.08 Å². The minimum absolute atomic E-state index is 0. The van der Waals surface area contributed by atoms with E-state index in [0.29, 0.717) is 3.28 Å². The predicted octanol–water partition coefficient (Wildman–Crippen LogP) is -4.88. The van der Waals surface area contributed by atoms with Crippen LogP contribution in [0.4, 0.5) is 43.9 Å². The number of rotatable bonds is 4. The Hall–Kier alpha value is -0.962. The van der Waals surface area contributed by atoms with Crippen LogP contribution in [0.2, 0.25) is 0 Å². The molecular weight excluding hydrogens is 603 g/mol. The van der Waals surface area contributed by atoms with E-state index in [1.165, 1.54) is 12.2 Å². The van der Waals surface area contributed by atoms with Crippen molar-refractivity contribution < 1.29 is 104 Å². The Kier molecular flexibility index (Phi) is 11.6. The topological polar surface area (TPSA) is 0 Å². The Balaban J connectivity index is 0.00000320. The first kappa shape index (κ1) is 31.0. The van der Waals surface area contributed by atoms with Crippen LogP contribution in [0.5, 0.6) is 0 Å². The maximum absolute atomic E-state index is 14.3. The van der Waals surface area contributed by atoms with Crippen molar-refractivity contribution >= 4 is 15.2 Å². The fourth-order valence-electron chi connectivity index (χ4n) is 2.78. The summed E-state index contributed by atoms with van der Waals surface area (Å²) in [5.41, 5.74) is -3.24.